The van der Waals surface area contributed by atoms with E-state index in [9.17, 15) is 4.79 Å². The maximum absolute atomic E-state index is 12.2. The molecule has 0 unspecified atom stereocenters. The van der Waals surface area contributed by atoms with Gasteiger partial charge in [-0.3, -0.25) is 4.79 Å². The van der Waals surface area contributed by atoms with E-state index in [1.165, 1.54) is 21.1 Å². The highest BCUT2D eigenvalue weighted by Gasteiger charge is 2.18. The van der Waals surface area contributed by atoms with Gasteiger partial charge < -0.3 is 5.32 Å². The summed E-state index contributed by atoms with van der Waals surface area (Å²) in [5.74, 6) is 0.223. The lowest BCUT2D eigenvalue weighted by molar-refractivity contribution is 0.0956. The molecular weight excluding hydrogens is 386 g/mol. The van der Waals surface area contributed by atoms with Crippen molar-refractivity contribution in [3.63, 3.8) is 0 Å². The summed E-state index contributed by atoms with van der Waals surface area (Å²) in [4.78, 5) is 15.5. The van der Waals surface area contributed by atoms with Crippen molar-refractivity contribution in [3.05, 3.63) is 65.6 Å². The van der Waals surface area contributed by atoms with Crippen LogP contribution in [0, 0.1) is 0 Å². The Kier molecular flexibility index (Phi) is 4.90. The molecular formula is C15H12BrNOS3. The Hall–Kier alpha value is -0.950. The van der Waals surface area contributed by atoms with Crippen molar-refractivity contribution >= 4 is 55.8 Å². The molecule has 0 aliphatic rings. The van der Waals surface area contributed by atoms with Gasteiger partial charge in [-0.2, -0.15) is 0 Å². The fourth-order valence-electron chi connectivity index (χ4n) is 2.03. The van der Waals surface area contributed by atoms with Gasteiger partial charge in [0.1, 0.15) is 0 Å². The van der Waals surface area contributed by atoms with Crippen LogP contribution in [0.4, 0.5) is 0 Å². The molecule has 6 heteroatoms. The SMILES string of the molecule is O=C(NCC(c1cccs1)c1cccs1)c1cc(Br)cs1. The van der Waals surface area contributed by atoms with E-state index in [1.807, 2.05) is 11.4 Å². The zero-order valence-electron chi connectivity index (χ0n) is 10.9. The molecule has 1 amide bonds. The number of nitrogens with one attached hydrogen (secondary N) is 1. The Morgan fingerprint density at radius 1 is 1.14 bits per heavy atom. The minimum absolute atomic E-state index is 0.0104. The van der Waals surface area contributed by atoms with Crippen LogP contribution in [0.5, 0.6) is 0 Å². The average molecular weight is 398 g/mol. The topological polar surface area (TPSA) is 29.1 Å². The second kappa shape index (κ2) is 6.87. The molecule has 0 saturated carbocycles. The molecule has 2 nitrogen and oxygen atoms in total. The van der Waals surface area contributed by atoms with Crippen molar-refractivity contribution in [3.8, 4) is 0 Å². The summed E-state index contributed by atoms with van der Waals surface area (Å²) in [6.45, 7) is 0.620. The molecule has 3 rings (SSSR count). The summed E-state index contributed by atoms with van der Waals surface area (Å²) in [6, 6.07) is 10.2. The van der Waals surface area contributed by atoms with E-state index in [2.05, 4.69) is 56.3 Å². The first-order valence-corrected chi connectivity index (χ1v) is 9.76. The van der Waals surface area contributed by atoms with E-state index in [-0.39, 0.29) is 11.8 Å². The number of amides is 1. The molecule has 108 valence electrons. The lowest BCUT2D eigenvalue weighted by atomic mass is 10.1. The summed E-state index contributed by atoms with van der Waals surface area (Å²) in [5.41, 5.74) is 0. The van der Waals surface area contributed by atoms with Crippen LogP contribution in [0.1, 0.15) is 25.3 Å². The van der Waals surface area contributed by atoms with Gasteiger partial charge in [0.05, 0.1) is 4.88 Å². The van der Waals surface area contributed by atoms with E-state index < -0.39 is 0 Å². The number of hydrogen-bond acceptors (Lipinski definition) is 4. The van der Waals surface area contributed by atoms with E-state index >= 15 is 0 Å². The molecule has 0 spiro atoms. The number of carbonyl (C=O) groups excluding carboxylic acids is 1. The van der Waals surface area contributed by atoms with Gasteiger partial charge in [0.2, 0.25) is 0 Å². The first-order valence-electron chi connectivity index (χ1n) is 6.33. The van der Waals surface area contributed by atoms with Crippen molar-refractivity contribution in [2.45, 2.75) is 5.92 Å². The third-order valence-electron chi connectivity index (χ3n) is 3.03. The first kappa shape index (κ1) is 15.0. The molecule has 0 aliphatic heterocycles. The Morgan fingerprint density at radius 2 is 1.81 bits per heavy atom. The average Bonchev–Trinajstić information content (AvgIpc) is 3.21. The van der Waals surface area contributed by atoms with Crippen molar-refractivity contribution in [2.24, 2.45) is 0 Å². The predicted molar refractivity (Wildman–Crippen MR) is 94.8 cm³/mol. The molecule has 21 heavy (non-hydrogen) atoms. The minimum Gasteiger partial charge on any atom is -0.350 e. The standard InChI is InChI=1S/C15H12BrNOS3/c16-10-7-14(21-9-10)15(18)17-8-11(12-3-1-5-19-12)13-4-2-6-20-13/h1-7,9,11H,8H2,(H,17,18). The molecule has 3 heterocycles. The summed E-state index contributed by atoms with van der Waals surface area (Å²) in [5, 5.41) is 9.13. The zero-order chi connectivity index (χ0) is 14.7. The van der Waals surface area contributed by atoms with Crippen LogP contribution in [0.15, 0.2) is 50.9 Å². The van der Waals surface area contributed by atoms with Gasteiger partial charge in [0.15, 0.2) is 0 Å². The summed E-state index contributed by atoms with van der Waals surface area (Å²) >= 11 is 8.29. The first-order chi connectivity index (χ1) is 10.2. The third kappa shape index (κ3) is 3.63. The number of rotatable bonds is 5. The van der Waals surface area contributed by atoms with E-state index in [0.29, 0.717) is 6.54 Å². The largest absolute Gasteiger partial charge is 0.350 e. The highest BCUT2D eigenvalue weighted by molar-refractivity contribution is 9.10. The van der Waals surface area contributed by atoms with Gasteiger partial charge in [-0.1, -0.05) is 12.1 Å². The van der Waals surface area contributed by atoms with Gasteiger partial charge in [-0.25, -0.2) is 0 Å². The van der Waals surface area contributed by atoms with Crippen LogP contribution in [0.25, 0.3) is 0 Å². The van der Waals surface area contributed by atoms with Gasteiger partial charge in [0, 0.05) is 32.1 Å². The molecule has 3 aromatic rings. The van der Waals surface area contributed by atoms with Crippen molar-refractivity contribution in [1.82, 2.24) is 5.32 Å². The molecule has 0 bridgehead atoms. The second-order valence-electron chi connectivity index (χ2n) is 4.42. The van der Waals surface area contributed by atoms with Crippen LogP contribution in [-0.2, 0) is 0 Å². The zero-order valence-corrected chi connectivity index (χ0v) is 14.9. The molecule has 1 N–H and O–H groups in total. The van der Waals surface area contributed by atoms with Crippen LogP contribution in [0.2, 0.25) is 0 Å². The Bertz CT molecular complexity index is 669. The van der Waals surface area contributed by atoms with Crippen molar-refractivity contribution in [1.29, 1.82) is 0 Å². The van der Waals surface area contributed by atoms with Crippen LogP contribution < -0.4 is 5.32 Å². The lowest BCUT2D eigenvalue weighted by Crippen LogP contribution is -2.27. The highest BCUT2D eigenvalue weighted by atomic mass is 79.9. The summed E-state index contributed by atoms with van der Waals surface area (Å²) in [6.07, 6.45) is 0. The highest BCUT2D eigenvalue weighted by Crippen LogP contribution is 2.31. The van der Waals surface area contributed by atoms with E-state index in [1.54, 1.807) is 22.7 Å². The predicted octanol–water partition coefficient (Wildman–Crippen LogP) is 5.20. The number of halogens is 1. The number of hydrogen-bond donors (Lipinski definition) is 1. The maximum Gasteiger partial charge on any atom is 0.261 e. The number of thiophene rings is 3. The summed E-state index contributed by atoms with van der Waals surface area (Å²) in [7, 11) is 0. The lowest BCUT2D eigenvalue weighted by Gasteiger charge is -2.14. The normalized spacial score (nSPS) is 11.0. The van der Waals surface area contributed by atoms with Crippen molar-refractivity contribution < 1.29 is 4.79 Å². The fraction of sp³-hybridized carbons (Fsp3) is 0.133. The van der Waals surface area contributed by atoms with E-state index in [4.69, 9.17) is 0 Å². The third-order valence-corrected chi connectivity index (χ3v) is 6.69. The van der Waals surface area contributed by atoms with Gasteiger partial charge in [-0.05, 0) is 44.9 Å². The fourth-order valence-corrected chi connectivity index (χ4v) is 5.14. The van der Waals surface area contributed by atoms with Crippen molar-refractivity contribution in [2.75, 3.05) is 6.54 Å². The van der Waals surface area contributed by atoms with Crippen LogP contribution in [-0.4, -0.2) is 12.5 Å². The molecule has 0 saturated heterocycles. The Balaban J connectivity index is 1.72. The van der Waals surface area contributed by atoms with Gasteiger partial charge in [0.25, 0.3) is 5.91 Å². The maximum atomic E-state index is 12.2. The molecule has 3 aromatic heterocycles. The molecule has 0 atom stereocenters. The molecule has 0 aliphatic carbocycles. The monoisotopic (exact) mass is 397 g/mol. The van der Waals surface area contributed by atoms with Crippen LogP contribution in [0.3, 0.4) is 0 Å². The van der Waals surface area contributed by atoms with Crippen LogP contribution >= 0.6 is 49.9 Å². The minimum atomic E-state index is -0.0104. The summed E-state index contributed by atoms with van der Waals surface area (Å²) < 4.78 is 0.950. The molecule has 0 fully saturated rings. The Morgan fingerprint density at radius 3 is 2.29 bits per heavy atom. The quantitative estimate of drug-likeness (QED) is 0.629. The van der Waals surface area contributed by atoms with E-state index in [0.717, 1.165) is 9.35 Å². The smallest absolute Gasteiger partial charge is 0.261 e. The molecule has 0 radical (unpaired) electrons. The molecule has 0 aromatic carbocycles. The van der Waals surface area contributed by atoms with Gasteiger partial charge >= 0.3 is 0 Å². The van der Waals surface area contributed by atoms with Gasteiger partial charge in [-0.15, -0.1) is 34.0 Å². The number of carbonyl (C=O) groups is 1. The second-order valence-corrected chi connectivity index (χ2v) is 8.21. The Labute approximate surface area is 143 Å².